The summed E-state index contributed by atoms with van der Waals surface area (Å²) in [5.41, 5.74) is 0. The molecular weight excluding hydrogens is 959 g/mol. The van der Waals surface area contributed by atoms with Gasteiger partial charge >= 0.3 is 39.5 Å². The van der Waals surface area contributed by atoms with Crippen LogP contribution in [0.15, 0.2) is 0 Å². The van der Waals surface area contributed by atoms with Gasteiger partial charge in [-0.2, -0.15) is 0 Å². The van der Waals surface area contributed by atoms with Crippen molar-refractivity contribution in [2.75, 3.05) is 39.6 Å². The van der Waals surface area contributed by atoms with E-state index in [0.717, 1.165) is 96.3 Å². The topological polar surface area (TPSA) is 237 Å². The Hall–Kier alpha value is -1.94. The maximum atomic E-state index is 12.8. The van der Waals surface area contributed by atoms with E-state index in [0.29, 0.717) is 25.7 Å². The molecule has 19 heteroatoms. The number of esters is 4. The van der Waals surface area contributed by atoms with Gasteiger partial charge < -0.3 is 33.8 Å². The molecule has 0 aromatic heterocycles. The molecule has 0 aromatic carbocycles. The van der Waals surface area contributed by atoms with Crippen LogP contribution in [-0.2, 0) is 65.4 Å². The number of aliphatic hydroxyl groups is 1. The number of carbonyl (C=O) groups is 4. The molecule has 0 aliphatic heterocycles. The molecule has 17 nitrogen and oxygen atoms in total. The number of ether oxygens (including phenoxy) is 4. The van der Waals surface area contributed by atoms with Crippen molar-refractivity contribution in [2.45, 2.75) is 271 Å². The Bertz CT molecular complexity index is 1400. The largest absolute Gasteiger partial charge is 0.472 e. The standard InChI is InChI=1S/C52H100O17P2/c1-5-9-13-17-20-23-24-25-28-30-34-37-50(55)63-43-48(69-52(57)39-35-31-27-22-19-15-11-7-3)45-67-71(60,61)65-41-46(53)40-64-70(58,59)66-44-47(68-51(56)38-32-16-12-8-4)42-62-49(54)36-33-29-26-21-18-14-10-6-2/h46-48,53H,5-45H2,1-4H3,(H,58,59)(H,60,61)/t46-,47+,48+/m0/s1. The zero-order valence-electron chi connectivity index (χ0n) is 44.7. The summed E-state index contributed by atoms with van der Waals surface area (Å²) in [6, 6.07) is 0. The highest BCUT2D eigenvalue weighted by molar-refractivity contribution is 7.47. The summed E-state index contributed by atoms with van der Waals surface area (Å²) in [6.07, 6.45) is 28.7. The molecule has 0 heterocycles. The van der Waals surface area contributed by atoms with Crippen molar-refractivity contribution in [3.63, 3.8) is 0 Å². The number of carbonyl (C=O) groups excluding carboxylic acids is 4. The van der Waals surface area contributed by atoms with Crippen molar-refractivity contribution in [1.29, 1.82) is 0 Å². The Balaban J connectivity index is 5.11. The Labute approximate surface area is 428 Å². The smallest absolute Gasteiger partial charge is 0.462 e. The van der Waals surface area contributed by atoms with Gasteiger partial charge in [-0.25, -0.2) is 9.13 Å². The second-order valence-corrected chi connectivity index (χ2v) is 21.8. The molecule has 0 rings (SSSR count). The Kier molecular flexibility index (Phi) is 46.4. The highest BCUT2D eigenvalue weighted by Gasteiger charge is 2.30. The number of aliphatic hydroxyl groups excluding tert-OH is 1. The second kappa shape index (κ2) is 47.8. The van der Waals surface area contributed by atoms with E-state index in [4.69, 9.17) is 37.0 Å². The van der Waals surface area contributed by atoms with Crippen molar-refractivity contribution in [2.24, 2.45) is 0 Å². The minimum Gasteiger partial charge on any atom is -0.462 e. The van der Waals surface area contributed by atoms with E-state index in [-0.39, 0.29) is 25.7 Å². The monoisotopic (exact) mass is 1060 g/mol. The predicted octanol–water partition coefficient (Wildman–Crippen LogP) is 13.3. The molecular formula is C52H100O17P2. The van der Waals surface area contributed by atoms with Gasteiger partial charge in [-0.3, -0.25) is 37.3 Å². The first-order chi connectivity index (χ1) is 34.2. The fourth-order valence-corrected chi connectivity index (χ4v) is 9.09. The van der Waals surface area contributed by atoms with Crippen LogP contribution in [0.4, 0.5) is 0 Å². The lowest BCUT2D eigenvalue weighted by Gasteiger charge is -2.21. The second-order valence-electron chi connectivity index (χ2n) is 18.9. The van der Waals surface area contributed by atoms with E-state index >= 15 is 0 Å². The van der Waals surface area contributed by atoms with Crippen LogP contribution in [0.2, 0.25) is 0 Å². The van der Waals surface area contributed by atoms with Gasteiger partial charge in [0.25, 0.3) is 0 Å². The summed E-state index contributed by atoms with van der Waals surface area (Å²) in [5.74, 6) is -2.17. The first-order valence-corrected chi connectivity index (χ1v) is 30.8. The minimum atomic E-state index is -4.92. The quantitative estimate of drug-likeness (QED) is 0.0222. The SMILES string of the molecule is CCCCCCCCCCCCCC(=O)OC[C@H](COP(=O)(O)OC[C@@H](O)COP(=O)(O)OC[C@@H](COC(=O)CCCCCCCCCC)OC(=O)CCCCCC)OC(=O)CCCCCCCCCC. The van der Waals surface area contributed by atoms with Gasteiger partial charge in [0.05, 0.1) is 26.4 Å². The van der Waals surface area contributed by atoms with Crippen LogP contribution in [0.25, 0.3) is 0 Å². The molecule has 0 radical (unpaired) electrons. The van der Waals surface area contributed by atoms with Gasteiger partial charge in [0.2, 0.25) is 0 Å². The van der Waals surface area contributed by atoms with Crippen molar-refractivity contribution in [3.05, 3.63) is 0 Å². The Morgan fingerprint density at radius 3 is 0.845 bits per heavy atom. The van der Waals surface area contributed by atoms with Gasteiger partial charge in [0.15, 0.2) is 12.2 Å². The third-order valence-electron chi connectivity index (χ3n) is 11.9. The third kappa shape index (κ3) is 47.5. The van der Waals surface area contributed by atoms with E-state index in [9.17, 15) is 43.2 Å². The number of phosphoric acid groups is 2. The first-order valence-electron chi connectivity index (χ1n) is 27.8. The molecule has 0 saturated heterocycles. The van der Waals surface area contributed by atoms with E-state index in [2.05, 4.69) is 20.8 Å². The summed E-state index contributed by atoms with van der Waals surface area (Å²) in [5, 5.41) is 10.4. The molecule has 3 N–H and O–H groups in total. The van der Waals surface area contributed by atoms with Gasteiger partial charge in [-0.15, -0.1) is 0 Å². The molecule has 0 aromatic rings. The average Bonchev–Trinajstić information content (AvgIpc) is 3.34. The van der Waals surface area contributed by atoms with Gasteiger partial charge in [-0.1, -0.05) is 201 Å². The predicted molar refractivity (Wildman–Crippen MR) is 275 cm³/mol. The zero-order chi connectivity index (χ0) is 52.7. The van der Waals surface area contributed by atoms with E-state index in [1.54, 1.807) is 0 Å². The minimum absolute atomic E-state index is 0.0960. The number of hydrogen-bond donors (Lipinski definition) is 3. The average molecular weight is 1060 g/mol. The fraction of sp³-hybridized carbons (Fsp3) is 0.923. The highest BCUT2D eigenvalue weighted by atomic mass is 31.2. The molecule has 2 unspecified atom stereocenters. The van der Waals surface area contributed by atoms with Gasteiger partial charge in [0, 0.05) is 25.7 Å². The lowest BCUT2D eigenvalue weighted by molar-refractivity contribution is -0.161. The van der Waals surface area contributed by atoms with Crippen LogP contribution >= 0.6 is 15.6 Å². The molecule has 420 valence electrons. The lowest BCUT2D eigenvalue weighted by atomic mass is 10.1. The van der Waals surface area contributed by atoms with Gasteiger partial charge in [0.1, 0.15) is 19.3 Å². The first kappa shape index (κ1) is 69.1. The maximum Gasteiger partial charge on any atom is 0.472 e. The number of unbranched alkanes of at least 4 members (excludes halogenated alkanes) is 27. The highest BCUT2D eigenvalue weighted by Crippen LogP contribution is 2.45. The van der Waals surface area contributed by atoms with E-state index in [1.807, 2.05) is 6.92 Å². The molecule has 0 aliphatic carbocycles. The van der Waals surface area contributed by atoms with Crippen molar-refractivity contribution >= 4 is 39.5 Å². The Morgan fingerprint density at radius 2 is 0.563 bits per heavy atom. The van der Waals surface area contributed by atoms with Gasteiger partial charge in [-0.05, 0) is 25.7 Å². The molecule has 5 atom stereocenters. The van der Waals surface area contributed by atoms with E-state index < -0.39 is 97.5 Å². The van der Waals surface area contributed by atoms with Crippen LogP contribution in [-0.4, -0.2) is 96.7 Å². The molecule has 0 fully saturated rings. The summed E-state index contributed by atoms with van der Waals surface area (Å²) in [7, 11) is -9.84. The lowest BCUT2D eigenvalue weighted by Crippen LogP contribution is -2.30. The van der Waals surface area contributed by atoms with Crippen molar-refractivity contribution in [3.8, 4) is 0 Å². The third-order valence-corrected chi connectivity index (χ3v) is 13.8. The molecule has 0 spiro atoms. The van der Waals surface area contributed by atoms with E-state index in [1.165, 1.54) is 77.0 Å². The maximum absolute atomic E-state index is 12.8. The molecule has 0 saturated carbocycles. The summed E-state index contributed by atoms with van der Waals surface area (Å²) in [4.78, 5) is 71.1. The summed E-state index contributed by atoms with van der Waals surface area (Å²) in [6.45, 7) is 4.61. The van der Waals surface area contributed by atoms with Crippen LogP contribution in [0.1, 0.15) is 252 Å². The number of rotatable bonds is 53. The zero-order valence-corrected chi connectivity index (χ0v) is 46.5. The molecule has 0 amide bonds. The number of hydrogen-bond acceptors (Lipinski definition) is 15. The van der Waals surface area contributed by atoms with Crippen LogP contribution in [0.3, 0.4) is 0 Å². The molecule has 71 heavy (non-hydrogen) atoms. The summed E-state index contributed by atoms with van der Waals surface area (Å²) >= 11 is 0. The van der Waals surface area contributed by atoms with Crippen LogP contribution < -0.4 is 0 Å². The molecule has 0 aliphatic rings. The fourth-order valence-electron chi connectivity index (χ4n) is 7.51. The van der Waals surface area contributed by atoms with Crippen LogP contribution in [0, 0.1) is 0 Å². The van der Waals surface area contributed by atoms with Crippen LogP contribution in [0.5, 0.6) is 0 Å². The Morgan fingerprint density at radius 1 is 0.338 bits per heavy atom. The van der Waals surface area contributed by atoms with Crippen molar-refractivity contribution in [1.82, 2.24) is 0 Å². The number of phosphoric ester groups is 2. The normalized spacial score (nSPS) is 14.5. The summed E-state index contributed by atoms with van der Waals surface area (Å²) < 4.78 is 67.0. The van der Waals surface area contributed by atoms with Crippen molar-refractivity contribution < 1.29 is 80.2 Å². The molecule has 0 bridgehead atoms.